The maximum absolute atomic E-state index is 12.5. The van der Waals surface area contributed by atoms with Crippen LogP contribution < -0.4 is 11.2 Å². The molecule has 2 aliphatic rings. The van der Waals surface area contributed by atoms with E-state index in [1.165, 1.54) is 10.8 Å². The van der Waals surface area contributed by atoms with Gasteiger partial charge < -0.3 is 18.9 Å². The smallest absolute Gasteiger partial charge is 0.330 e. The average molecular weight is 484 g/mol. The topological polar surface area (TPSA) is 158 Å². The van der Waals surface area contributed by atoms with Crippen LogP contribution in [0.4, 0.5) is 0 Å². The van der Waals surface area contributed by atoms with Crippen molar-refractivity contribution in [3.8, 4) is 0 Å². The zero-order valence-corrected chi connectivity index (χ0v) is 19.9. The number of hydrogen-bond acceptors (Lipinski definition) is 9. The molecule has 33 heavy (non-hydrogen) atoms. The lowest BCUT2D eigenvalue weighted by Gasteiger charge is -2.26. The number of carbonyl (C=O) groups excluding carboxylic acids is 1. The molecule has 12 nitrogen and oxygen atoms in total. The summed E-state index contributed by atoms with van der Waals surface area (Å²) in [6, 6.07) is -0.645. The minimum Gasteiger partial charge on any atom is -0.463 e. The van der Waals surface area contributed by atoms with E-state index < -0.39 is 46.8 Å². The van der Waals surface area contributed by atoms with E-state index >= 15 is 0 Å². The Morgan fingerprint density at radius 3 is 2.91 bits per heavy atom. The van der Waals surface area contributed by atoms with Gasteiger partial charge in [-0.05, 0) is 32.6 Å². The lowest BCUT2D eigenvalue weighted by molar-refractivity contribution is -0.154. The van der Waals surface area contributed by atoms with E-state index in [0.717, 1.165) is 0 Å². The fourth-order valence-electron chi connectivity index (χ4n) is 4.18. The van der Waals surface area contributed by atoms with Crippen molar-refractivity contribution in [3.05, 3.63) is 43.0 Å². The molecule has 182 valence electrons. The normalized spacial score (nSPS) is 31.3. The number of aromatic nitrogens is 2. The molecule has 0 aromatic carbocycles. The summed E-state index contributed by atoms with van der Waals surface area (Å²) in [7, 11) is 0. The lowest BCUT2D eigenvalue weighted by Crippen LogP contribution is -2.34. The Kier molecular flexibility index (Phi) is 7.91. The van der Waals surface area contributed by atoms with E-state index in [4.69, 9.17) is 24.5 Å². The first-order valence-corrected chi connectivity index (χ1v) is 11.9. The van der Waals surface area contributed by atoms with Gasteiger partial charge in [0.25, 0.3) is 5.56 Å². The zero-order chi connectivity index (χ0) is 24.2. The molecule has 2 saturated heterocycles. The molecule has 13 heteroatoms. The van der Waals surface area contributed by atoms with E-state index in [2.05, 4.69) is 15.0 Å². The van der Waals surface area contributed by atoms with Gasteiger partial charge in [-0.1, -0.05) is 5.11 Å². The van der Waals surface area contributed by atoms with Crippen LogP contribution in [0.5, 0.6) is 0 Å². The van der Waals surface area contributed by atoms with Gasteiger partial charge in [0.2, 0.25) is 0 Å². The molecule has 0 radical (unpaired) electrons. The van der Waals surface area contributed by atoms with Crippen LogP contribution in [-0.2, 0) is 23.7 Å². The Hall–Kier alpha value is -2.31. The van der Waals surface area contributed by atoms with Crippen molar-refractivity contribution < 1.29 is 23.7 Å². The van der Waals surface area contributed by atoms with Crippen LogP contribution in [0.15, 0.2) is 20.9 Å². The monoisotopic (exact) mass is 483 g/mol. The Morgan fingerprint density at radius 2 is 2.21 bits per heavy atom. The fourth-order valence-corrected chi connectivity index (χ4v) is 4.58. The van der Waals surface area contributed by atoms with Crippen molar-refractivity contribution in [1.29, 1.82) is 0 Å². The van der Waals surface area contributed by atoms with Crippen molar-refractivity contribution >= 4 is 17.7 Å². The minimum atomic E-state index is -0.766. The lowest BCUT2D eigenvalue weighted by atomic mass is 9.91. The molecule has 1 aromatic rings. The molecular formula is C20H29N5O7S. The Balaban J connectivity index is 1.60. The van der Waals surface area contributed by atoms with Gasteiger partial charge in [0.05, 0.1) is 36.2 Å². The molecule has 5 atom stereocenters. The Morgan fingerprint density at radius 1 is 1.45 bits per heavy atom. The highest BCUT2D eigenvalue weighted by molar-refractivity contribution is 7.98. The van der Waals surface area contributed by atoms with Gasteiger partial charge in [-0.3, -0.25) is 19.1 Å². The number of esters is 1. The summed E-state index contributed by atoms with van der Waals surface area (Å²) in [5, 5.41) is 3.73. The number of H-pyrrole nitrogens is 1. The standard InChI is InChI=1S/C20H29N5O7S/c1-12-7-25(18(28)22-17(12)27)15-5-13(23-24-21)14(32-15)8-29-16(26)6-19(2)9-20(3,10-30-19)31-11-33-4/h7,13-15H,5-6,8-11H2,1-4H3,(H,22,27,28). The highest BCUT2D eigenvalue weighted by Crippen LogP contribution is 2.38. The molecule has 3 heterocycles. The predicted molar refractivity (Wildman–Crippen MR) is 120 cm³/mol. The number of rotatable bonds is 9. The van der Waals surface area contributed by atoms with E-state index in [1.54, 1.807) is 18.7 Å². The maximum Gasteiger partial charge on any atom is 0.330 e. The van der Waals surface area contributed by atoms with Crippen molar-refractivity contribution in [2.24, 2.45) is 5.11 Å². The second kappa shape index (κ2) is 10.3. The summed E-state index contributed by atoms with van der Waals surface area (Å²) in [4.78, 5) is 41.4. The van der Waals surface area contributed by atoms with Crippen LogP contribution in [0.3, 0.4) is 0 Å². The van der Waals surface area contributed by atoms with Gasteiger partial charge in [0.1, 0.15) is 18.9 Å². The highest BCUT2D eigenvalue weighted by Gasteiger charge is 2.46. The summed E-state index contributed by atoms with van der Waals surface area (Å²) in [6.45, 7) is 5.61. The first-order valence-electron chi connectivity index (χ1n) is 10.5. The van der Waals surface area contributed by atoms with Crippen LogP contribution >= 0.6 is 11.8 Å². The van der Waals surface area contributed by atoms with Gasteiger partial charge in [-0.15, -0.1) is 11.8 Å². The van der Waals surface area contributed by atoms with E-state index in [9.17, 15) is 14.4 Å². The van der Waals surface area contributed by atoms with Gasteiger partial charge >= 0.3 is 11.7 Å². The summed E-state index contributed by atoms with van der Waals surface area (Å²) in [5.41, 5.74) is 6.94. The van der Waals surface area contributed by atoms with Crippen LogP contribution in [0, 0.1) is 6.92 Å². The van der Waals surface area contributed by atoms with Gasteiger partial charge in [0.15, 0.2) is 0 Å². The van der Waals surface area contributed by atoms with Crippen LogP contribution in [0.25, 0.3) is 10.4 Å². The third kappa shape index (κ3) is 6.18. The van der Waals surface area contributed by atoms with Gasteiger partial charge in [-0.2, -0.15) is 0 Å². The third-order valence-electron chi connectivity index (χ3n) is 5.79. The molecule has 0 aliphatic carbocycles. The maximum atomic E-state index is 12.5. The van der Waals surface area contributed by atoms with E-state index in [0.29, 0.717) is 24.5 Å². The van der Waals surface area contributed by atoms with Gasteiger partial charge in [-0.25, -0.2) is 4.79 Å². The second-order valence-electron chi connectivity index (χ2n) is 8.89. The molecule has 0 amide bonds. The van der Waals surface area contributed by atoms with Crippen molar-refractivity contribution in [2.75, 3.05) is 25.4 Å². The predicted octanol–water partition coefficient (Wildman–Crippen LogP) is 2.02. The Bertz CT molecular complexity index is 1040. The molecule has 0 saturated carbocycles. The number of hydrogen-bond donors (Lipinski definition) is 1. The number of ether oxygens (including phenoxy) is 4. The highest BCUT2D eigenvalue weighted by atomic mass is 32.2. The van der Waals surface area contributed by atoms with Crippen LogP contribution in [0.2, 0.25) is 0 Å². The summed E-state index contributed by atoms with van der Waals surface area (Å²) in [6.07, 6.45) is 2.62. The summed E-state index contributed by atoms with van der Waals surface area (Å²) in [5.74, 6) is 0.0645. The van der Waals surface area contributed by atoms with Crippen LogP contribution in [-0.4, -0.2) is 64.3 Å². The SMILES string of the molecule is CSCOC1(C)COC(C)(CC(=O)OCC2OC(n3cc(C)c(=O)[nH]c3=O)CC2N=[N+]=[N-])C1. The molecule has 1 N–H and O–H groups in total. The minimum absolute atomic E-state index is 0.0339. The van der Waals surface area contributed by atoms with Crippen molar-refractivity contribution in [3.63, 3.8) is 0 Å². The molecule has 0 bridgehead atoms. The number of carbonyl (C=O) groups is 1. The number of thioether (sulfide) groups is 1. The van der Waals surface area contributed by atoms with Crippen molar-refractivity contribution in [1.82, 2.24) is 9.55 Å². The number of aryl methyl sites for hydroxylation is 1. The molecule has 2 fully saturated rings. The first kappa shape index (κ1) is 25.3. The molecule has 3 rings (SSSR count). The van der Waals surface area contributed by atoms with E-state index in [1.807, 2.05) is 20.1 Å². The van der Waals surface area contributed by atoms with E-state index in [-0.39, 0.29) is 19.4 Å². The summed E-state index contributed by atoms with van der Waals surface area (Å²) < 4.78 is 24.2. The average Bonchev–Trinajstić information content (AvgIpc) is 3.28. The molecule has 1 aromatic heterocycles. The van der Waals surface area contributed by atoms with Crippen molar-refractivity contribution in [2.45, 2.75) is 69.6 Å². The Labute approximate surface area is 194 Å². The molecule has 2 aliphatic heterocycles. The fraction of sp³-hybridized carbons (Fsp3) is 0.750. The molecule has 0 spiro atoms. The van der Waals surface area contributed by atoms with Gasteiger partial charge in [0, 0.05) is 29.5 Å². The second-order valence-corrected chi connectivity index (χ2v) is 9.70. The number of nitrogens with zero attached hydrogens (tertiary/aromatic N) is 4. The quantitative estimate of drug-likeness (QED) is 0.184. The molecular weight excluding hydrogens is 454 g/mol. The largest absolute Gasteiger partial charge is 0.463 e. The zero-order valence-electron chi connectivity index (χ0n) is 19.1. The number of aromatic amines is 1. The van der Waals surface area contributed by atoms with Crippen LogP contribution in [0.1, 0.15) is 44.9 Å². The third-order valence-corrected chi connectivity index (χ3v) is 6.14. The summed E-state index contributed by atoms with van der Waals surface area (Å²) >= 11 is 1.57. The number of nitrogens with one attached hydrogen (secondary N) is 1. The number of azide groups is 1. The first-order chi connectivity index (χ1) is 15.6. The molecule has 5 unspecified atom stereocenters.